The molecule has 1 aliphatic rings. The number of hydrogen-bond donors (Lipinski definition) is 2. The molecule has 0 spiro atoms. The first-order chi connectivity index (χ1) is 9.47. The highest BCUT2D eigenvalue weighted by Crippen LogP contribution is 2.25. The van der Waals surface area contributed by atoms with Crippen LogP contribution in [-0.4, -0.2) is 29.8 Å². The number of halogens is 1. The fraction of sp³-hybridized carbons (Fsp3) is 0.429. The van der Waals surface area contributed by atoms with E-state index in [0.717, 1.165) is 12.8 Å². The van der Waals surface area contributed by atoms with Crippen LogP contribution in [0.25, 0.3) is 0 Å². The van der Waals surface area contributed by atoms with Crippen LogP contribution in [0.1, 0.15) is 29.6 Å². The second kappa shape index (κ2) is 6.13. The third kappa shape index (κ3) is 3.42. The van der Waals surface area contributed by atoms with E-state index in [1.54, 1.807) is 23.1 Å². The van der Waals surface area contributed by atoms with Crippen molar-refractivity contribution < 1.29 is 9.59 Å². The summed E-state index contributed by atoms with van der Waals surface area (Å²) in [6, 6.07) is 4.89. The van der Waals surface area contributed by atoms with Crippen LogP contribution in [0.5, 0.6) is 0 Å². The lowest BCUT2D eigenvalue weighted by molar-refractivity contribution is -0.119. The molecule has 1 aromatic rings. The van der Waals surface area contributed by atoms with Gasteiger partial charge in [-0.1, -0.05) is 11.6 Å². The second-order valence-electron chi connectivity index (χ2n) is 5.15. The fourth-order valence-corrected chi connectivity index (χ4v) is 2.70. The van der Waals surface area contributed by atoms with Crippen LogP contribution in [0.4, 0.5) is 5.69 Å². The van der Waals surface area contributed by atoms with E-state index in [2.05, 4.69) is 0 Å². The highest BCUT2D eigenvalue weighted by Gasteiger charge is 2.25. The highest BCUT2D eigenvalue weighted by molar-refractivity contribution is 6.34. The van der Waals surface area contributed by atoms with Crippen molar-refractivity contribution >= 4 is 29.1 Å². The number of nitrogens with zero attached hydrogens (tertiary/aromatic N) is 1. The van der Waals surface area contributed by atoms with Gasteiger partial charge in [-0.25, -0.2) is 0 Å². The smallest absolute Gasteiger partial charge is 0.255 e. The molecule has 0 radical (unpaired) electrons. The van der Waals surface area contributed by atoms with Crippen molar-refractivity contribution in [1.29, 1.82) is 0 Å². The van der Waals surface area contributed by atoms with E-state index in [0.29, 0.717) is 35.8 Å². The number of amides is 2. The van der Waals surface area contributed by atoms with Crippen LogP contribution >= 0.6 is 11.6 Å². The average Bonchev–Trinajstić information content (AvgIpc) is 2.41. The minimum atomic E-state index is -0.284. The summed E-state index contributed by atoms with van der Waals surface area (Å²) in [5.74, 6) is -0.124. The summed E-state index contributed by atoms with van der Waals surface area (Å²) >= 11 is 6.04. The number of nitrogen functional groups attached to an aromatic ring is 1. The molecule has 108 valence electrons. The molecule has 4 N–H and O–H groups in total. The van der Waals surface area contributed by atoms with Gasteiger partial charge in [0.15, 0.2) is 0 Å². The van der Waals surface area contributed by atoms with E-state index in [9.17, 15) is 9.59 Å². The van der Waals surface area contributed by atoms with Crippen LogP contribution in [0.3, 0.4) is 0 Å². The van der Waals surface area contributed by atoms with Gasteiger partial charge < -0.3 is 16.4 Å². The molecule has 0 atom stereocenters. The summed E-state index contributed by atoms with van der Waals surface area (Å²) in [4.78, 5) is 25.0. The molecule has 1 aromatic carbocycles. The van der Waals surface area contributed by atoms with Crippen molar-refractivity contribution in [3.05, 3.63) is 28.8 Å². The van der Waals surface area contributed by atoms with Crippen molar-refractivity contribution in [2.45, 2.75) is 19.3 Å². The number of rotatable bonds is 3. The summed E-state index contributed by atoms with van der Waals surface area (Å²) in [5, 5.41) is 0.406. The number of hydrogen-bond acceptors (Lipinski definition) is 3. The minimum absolute atomic E-state index is 0.111. The number of nitrogens with two attached hydrogens (primary N) is 2. The number of likely N-dealkylation sites (tertiary alicyclic amines) is 1. The van der Waals surface area contributed by atoms with Gasteiger partial charge in [0.25, 0.3) is 5.91 Å². The maximum atomic E-state index is 12.4. The first-order valence-corrected chi connectivity index (χ1v) is 6.97. The molecule has 2 rings (SSSR count). The summed E-state index contributed by atoms with van der Waals surface area (Å²) < 4.78 is 0. The molecule has 1 heterocycles. The number of primary amides is 1. The molecule has 0 unspecified atom stereocenters. The molecule has 1 fully saturated rings. The van der Waals surface area contributed by atoms with E-state index in [1.807, 2.05) is 0 Å². The van der Waals surface area contributed by atoms with Gasteiger partial charge in [-0.05, 0) is 37.0 Å². The van der Waals surface area contributed by atoms with Gasteiger partial charge in [0, 0.05) is 25.2 Å². The lowest BCUT2D eigenvalue weighted by atomic mass is 9.93. The third-order valence-electron chi connectivity index (χ3n) is 3.61. The van der Waals surface area contributed by atoms with Crippen LogP contribution in [0, 0.1) is 5.92 Å². The van der Waals surface area contributed by atoms with Crippen LogP contribution in [0.15, 0.2) is 18.2 Å². The van der Waals surface area contributed by atoms with Gasteiger partial charge in [-0.15, -0.1) is 0 Å². The quantitative estimate of drug-likeness (QED) is 0.831. The molecule has 0 bridgehead atoms. The molecule has 0 aliphatic carbocycles. The Kier molecular flexibility index (Phi) is 4.49. The number of carbonyl (C=O) groups is 2. The Morgan fingerprint density at radius 1 is 1.30 bits per heavy atom. The summed E-state index contributed by atoms with van der Waals surface area (Å²) in [6.45, 7) is 1.23. The van der Waals surface area contributed by atoms with E-state index in [-0.39, 0.29) is 17.7 Å². The summed E-state index contributed by atoms with van der Waals surface area (Å²) in [7, 11) is 0. The van der Waals surface area contributed by atoms with Crippen molar-refractivity contribution in [1.82, 2.24) is 4.90 Å². The van der Waals surface area contributed by atoms with Crippen LogP contribution in [-0.2, 0) is 4.79 Å². The zero-order valence-electron chi connectivity index (χ0n) is 11.1. The first-order valence-electron chi connectivity index (χ1n) is 6.60. The van der Waals surface area contributed by atoms with Gasteiger partial charge in [0.05, 0.1) is 10.6 Å². The van der Waals surface area contributed by atoms with Crippen molar-refractivity contribution in [2.75, 3.05) is 18.8 Å². The SMILES string of the molecule is NC(=O)CC1CCN(C(=O)c2cc(N)ccc2Cl)CC1. The van der Waals surface area contributed by atoms with Gasteiger partial charge in [0.1, 0.15) is 0 Å². The average molecular weight is 296 g/mol. The van der Waals surface area contributed by atoms with Crippen LogP contribution in [0.2, 0.25) is 5.02 Å². The van der Waals surface area contributed by atoms with Crippen molar-refractivity contribution in [3.63, 3.8) is 0 Å². The van der Waals surface area contributed by atoms with Crippen molar-refractivity contribution in [3.8, 4) is 0 Å². The Bertz CT molecular complexity index is 525. The maximum Gasteiger partial charge on any atom is 0.255 e. The number of piperidine rings is 1. The fourth-order valence-electron chi connectivity index (χ4n) is 2.50. The normalized spacial score (nSPS) is 16.1. The second-order valence-corrected chi connectivity index (χ2v) is 5.55. The number of anilines is 1. The van der Waals surface area contributed by atoms with Crippen LogP contribution < -0.4 is 11.5 Å². The Morgan fingerprint density at radius 2 is 1.95 bits per heavy atom. The van der Waals surface area contributed by atoms with Gasteiger partial charge in [-0.2, -0.15) is 0 Å². The molecule has 5 nitrogen and oxygen atoms in total. The number of benzene rings is 1. The predicted molar refractivity (Wildman–Crippen MR) is 78.3 cm³/mol. The Balaban J connectivity index is 2.01. The molecule has 2 amide bonds. The molecule has 1 saturated heterocycles. The van der Waals surface area contributed by atoms with E-state index < -0.39 is 0 Å². The van der Waals surface area contributed by atoms with Crippen molar-refractivity contribution in [2.24, 2.45) is 11.7 Å². The summed E-state index contributed by atoms with van der Waals surface area (Å²) in [5.41, 5.74) is 11.8. The zero-order chi connectivity index (χ0) is 14.7. The lowest BCUT2D eigenvalue weighted by Gasteiger charge is -2.31. The summed E-state index contributed by atoms with van der Waals surface area (Å²) in [6.07, 6.45) is 1.96. The zero-order valence-corrected chi connectivity index (χ0v) is 11.9. The third-order valence-corrected chi connectivity index (χ3v) is 3.94. The predicted octanol–water partition coefficient (Wildman–Crippen LogP) is 1.65. The van der Waals surface area contributed by atoms with Gasteiger partial charge in [-0.3, -0.25) is 9.59 Å². The highest BCUT2D eigenvalue weighted by atomic mass is 35.5. The molecule has 20 heavy (non-hydrogen) atoms. The lowest BCUT2D eigenvalue weighted by Crippen LogP contribution is -2.39. The van der Waals surface area contributed by atoms with Gasteiger partial charge in [0.2, 0.25) is 5.91 Å². The Morgan fingerprint density at radius 3 is 2.55 bits per heavy atom. The Hall–Kier alpha value is -1.75. The maximum absolute atomic E-state index is 12.4. The number of carbonyl (C=O) groups excluding carboxylic acids is 2. The van der Waals surface area contributed by atoms with Gasteiger partial charge >= 0.3 is 0 Å². The minimum Gasteiger partial charge on any atom is -0.399 e. The molecule has 1 aliphatic heterocycles. The Labute approximate surface area is 122 Å². The van der Waals surface area contributed by atoms with E-state index in [4.69, 9.17) is 23.1 Å². The largest absolute Gasteiger partial charge is 0.399 e. The molecule has 0 saturated carbocycles. The van der Waals surface area contributed by atoms with E-state index in [1.165, 1.54) is 0 Å². The molecular weight excluding hydrogens is 278 g/mol. The van der Waals surface area contributed by atoms with E-state index >= 15 is 0 Å². The molecular formula is C14H18ClN3O2. The standard InChI is InChI=1S/C14H18ClN3O2/c15-12-2-1-10(16)8-11(12)14(20)18-5-3-9(4-6-18)7-13(17)19/h1-2,8-9H,3-7,16H2,(H2,17,19). The molecule has 6 heteroatoms. The topological polar surface area (TPSA) is 89.4 Å². The first kappa shape index (κ1) is 14.7. The monoisotopic (exact) mass is 295 g/mol. The molecule has 0 aromatic heterocycles.